The molecule has 19 heavy (non-hydrogen) atoms. The van der Waals surface area contributed by atoms with Crippen molar-refractivity contribution in [1.82, 2.24) is 0 Å². The van der Waals surface area contributed by atoms with Crippen LogP contribution in [0.2, 0.25) is 0 Å². The van der Waals surface area contributed by atoms with Gasteiger partial charge in [0.15, 0.2) is 0 Å². The minimum atomic E-state index is -0.927. The van der Waals surface area contributed by atoms with Gasteiger partial charge in [0.05, 0.1) is 11.3 Å². The molecule has 4 heteroatoms. The molecule has 0 unspecified atom stereocenters. The number of benzene rings is 2. The molecule has 0 saturated carbocycles. The third-order valence-corrected chi connectivity index (χ3v) is 3.03. The van der Waals surface area contributed by atoms with E-state index in [1.54, 1.807) is 18.2 Å². The topological polar surface area (TPSA) is 49.3 Å². The van der Waals surface area contributed by atoms with Gasteiger partial charge in [0, 0.05) is 5.69 Å². The maximum absolute atomic E-state index is 11.1. The van der Waals surface area contributed by atoms with Gasteiger partial charge >= 0.3 is 35.5 Å². The van der Waals surface area contributed by atoms with E-state index >= 15 is 0 Å². The Morgan fingerprint density at radius 2 is 1.63 bits per heavy atom. The number of aryl methyl sites for hydroxylation is 1. The normalized spacial score (nSPS) is 9.58. The number of anilines is 2. The van der Waals surface area contributed by atoms with Gasteiger partial charge in [-0.15, -0.1) is 0 Å². The third-order valence-electron chi connectivity index (χ3n) is 3.03. The average Bonchev–Trinajstić information content (AvgIpc) is 2.35. The van der Waals surface area contributed by atoms with Crippen LogP contribution < -0.4 is 5.32 Å². The Morgan fingerprint density at radius 1 is 1.00 bits per heavy atom. The van der Waals surface area contributed by atoms with Gasteiger partial charge in [0.2, 0.25) is 0 Å². The molecule has 0 radical (unpaired) electrons. The Hall–Kier alpha value is -1.29. The van der Waals surface area contributed by atoms with Crippen LogP contribution in [0.4, 0.5) is 11.4 Å². The molecule has 0 aromatic heterocycles. The standard InChI is InChI=1S/C15H15NO2.Na.H/c1-10-6-5-9-13(11(10)2)16-14-8-4-3-7-12(14)15(17)18;;/h3-9,16H,1-2H3,(H,17,18);;. The first-order valence-electron chi connectivity index (χ1n) is 5.75. The summed E-state index contributed by atoms with van der Waals surface area (Å²) in [5.74, 6) is -0.927. The van der Waals surface area contributed by atoms with Crippen molar-refractivity contribution >= 4 is 46.9 Å². The molecule has 0 fully saturated rings. The van der Waals surface area contributed by atoms with E-state index in [-0.39, 0.29) is 35.1 Å². The summed E-state index contributed by atoms with van der Waals surface area (Å²) in [5.41, 5.74) is 4.12. The van der Waals surface area contributed by atoms with Crippen molar-refractivity contribution in [2.45, 2.75) is 13.8 Å². The summed E-state index contributed by atoms with van der Waals surface area (Å²) >= 11 is 0. The van der Waals surface area contributed by atoms with Gasteiger partial charge in [-0.1, -0.05) is 24.3 Å². The van der Waals surface area contributed by atoms with Gasteiger partial charge in [-0.05, 0) is 43.2 Å². The number of hydrogen-bond acceptors (Lipinski definition) is 2. The van der Waals surface area contributed by atoms with Gasteiger partial charge in [-0.3, -0.25) is 0 Å². The quantitative estimate of drug-likeness (QED) is 0.838. The molecule has 0 atom stereocenters. The van der Waals surface area contributed by atoms with E-state index in [4.69, 9.17) is 5.11 Å². The van der Waals surface area contributed by atoms with E-state index < -0.39 is 5.97 Å². The Morgan fingerprint density at radius 3 is 2.32 bits per heavy atom. The fraction of sp³-hybridized carbons (Fsp3) is 0.133. The van der Waals surface area contributed by atoms with Crippen LogP contribution in [0.1, 0.15) is 21.5 Å². The summed E-state index contributed by atoms with van der Waals surface area (Å²) in [6.45, 7) is 4.05. The van der Waals surface area contributed by atoms with Crippen molar-refractivity contribution in [3.8, 4) is 0 Å². The summed E-state index contributed by atoms with van der Waals surface area (Å²) < 4.78 is 0. The van der Waals surface area contributed by atoms with Crippen molar-refractivity contribution in [3.63, 3.8) is 0 Å². The third kappa shape index (κ3) is 3.60. The SMILES string of the molecule is Cc1cccc(Nc2ccccc2C(=O)O)c1C.[NaH]. The van der Waals surface area contributed by atoms with Gasteiger partial charge in [-0.25, -0.2) is 4.79 Å². The fourth-order valence-corrected chi connectivity index (χ4v) is 1.81. The number of carboxylic acid groups (broad SMARTS) is 1. The van der Waals surface area contributed by atoms with Gasteiger partial charge in [0.25, 0.3) is 0 Å². The molecular formula is C15H16NNaO2. The molecule has 0 heterocycles. The molecule has 0 aliphatic heterocycles. The molecule has 0 bridgehead atoms. The maximum atomic E-state index is 11.1. The number of carboxylic acids is 1. The van der Waals surface area contributed by atoms with Crippen LogP contribution in [-0.4, -0.2) is 40.6 Å². The zero-order valence-electron chi connectivity index (χ0n) is 10.4. The molecule has 0 aliphatic rings. The van der Waals surface area contributed by atoms with E-state index in [9.17, 15) is 4.79 Å². The molecule has 3 nitrogen and oxygen atoms in total. The van der Waals surface area contributed by atoms with Crippen LogP contribution in [0.5, 0.6) is 0 Å². The first kappa shape index (κ1) is 15.8. The number of hydrogen-bond donors (Lipinski definition) is 2. The molecule has 2 aromatic carbocycles. The first-order chi connectivity index (χ1) is 8.59. The van der Waals surface area contributed by atoms with Crippen LogP contribution in [-0.2, 0) is 0 Å². The molecular weight excluding hydrogens is 249 g/mol. The summed E-state index contributed by atoms with van der Waals surface area (Å²) in [6.07, 6.45) is 0. The van der Waals surface area contributed by atoms with Crippen molar-refractivity contribution in [3.05, 3.63) is 59.2 Å². The van der Waals surface area contributed by atoms with Crippen LogP contribution in [0, 0.1) is 13.8 Å². The van der Waals surface area contributed by atoms with E-state index in [0.717, 1.165) is 11.3 Å². The zero-order chi connectivity index (χ0) is 13.1. The predicted octanol–water partition coefficient (Wildman–Crippen LogP) is 3.10. The number of nitrogens with one attached hydrogen (secondary N) is 1. The monoisotopic (exact) mass is 265 g/mol. The van der Waals surface area contributed by atoms with E-state index in [1.807, 2.05) is 38.1 Å². The number of para-hydroxylation sites is 1. The van der Waals surface area contributed by atoms with Crippen molar-refractivity contribution in [1.29, 1.82) is 0 Å². The molecule has 2 rings (SSSR count). The molecule has 2 N–H and O–H groups in total. The van der Waals surface area contributed by atoms with Crippen molar-refractivity contribution in [2.24, 2.45) is 0 Å². The Kier molecular flexibility index (Phi) is 5.60. The summed E-state index contributed by atoms with van der Waals surface area (Å²) in [4.78, 5) is 11.1. The Bertz CT molecular complexity index is 596. The van der Waals surface area contributed by atoms with E-state index in [0.29, 0.717) is 5.69 Å². The van der Waals surface area contributed by atoms with Crippen molar-refractivity contribution < 1.29 is 9.90 Å². The molecule has 0 saturated heterocycles. The second kappa shape index (κ2) is 6.75. The molecule has 0 spiro atoms. The summed E-state index contributed by atoms with van der Waals surface area (Å²) in [6, 6.07) is 12.8. The summed E-state index contributed by atoms with van der Waals surface area (Å²) in [5, 5.41) is 12.3. The van der Waals surface area contributed by atoms with Crippen LogP contribution >= 0.6 is 0 Å². The molecule has 0 amide bonds. The minimum absolute atomic E-state index is 0. The Balaban J connectivity index is 0.00000180. The zero-order valence-corrected chi connectivity index (χ0v) is 10.4. The van der Waals surface area contributed by atoms with E-state index in [2.05, 4.69) is 5.32 Å². The van der Waals surface area contributed by atoms with E-state index in [1.165, 1.54) is 5.56 Å². The van der Waals surface area contributed by atoms with Crippen LogP contribution in [0.3, 0.4) is 0 Å². The first-order valence-corrected chi connectivity index (χ1v) is 5.75. The van der Waals surface area contributed by atoms with Crippen LogP contribution in [0.15, 0.2) is 42.5 Å². The fourth-order valence-electron chi connectivity index (χ4n) is 1.81. The second-order valence-corrected chi connectivity index (χ2v) is 4.22. The van der Waals surface area contributed by atoms with Crippen LogP contribution in [0.25, 0.3) is 0 Å². The number of carbonyl (C=O) groups is 1. The van der Waals surface area contributed by atoms with Gasteiger partial charge in [0.1, 0.15) is 0 Å². The van der Waals surface area contributed by atoms with Gasteiger partial charge in [-0.2, -0.15) is 0 Å². The second-order valence-electron chi connectivity index (χ2n) is 4.22. The molecule has 2 aromatic rings. The Labute approximate surface area is 135 Å². The van der Waals surface area contributed by atoms with Gasteiger partial charge < -0.3 is 10.4 Å². The summed E-state index contributed by atoms with van der Waals surface area (Å²) in [7, 11) is 0. The predicted molar refractivity (Wildman–Crippen MR) is 79.7 cm³/mol. The number of aromatic carboxylic acids is 1. The number of rotatable bonds is 3. The average molecular weight is 265 g/mol. The molecule has 94 valence electrons. The van der Waals surface area contributed by atoms with Crippen molar-refractivity contribution in [2.75, 3.05) is 5.32 Å². The molecule has 0 aliphatic carbocycles.